The summed E-state index contributed by atoms with van der Waals surface area (Å²) in [7, 11) is 1.96. The Hall–Kier alpha value is -0.940. The van der Waals surface area contributed by atoms with Crippen LogP contribution in [0.1, 0.15) is 32.0 Å². The SMILES string of the molecule is CC1OCCC1(CNC1CC1)Cc1ncnn1C. The first kappa shape index (κ1) is 12.1. The number of ether oxygens (including phenoxy) is 1. The minimum atomic E-state index is 0.184. The van der Waals surface area contributed by atoms with Crippen molar-refractivity contribution in [2.45, 2.75) is 44.8 Å². The van der Waals surface area contributed by atoms with E-state index in [2.05, 4.69) is 22.3 Å². The van der Waals surface area contributed by atoms with Crippen molar-refractivity contribution in [2.24, 2.45) is 12.5 Å². The maximum atomic E-state index is 5.81. The predicted molar refractivity (Wildman–Crippen MR) is 68.2 cm³/mol. The van der Waals surface area contributed by atoms with Gasteiger partial charge in [0.1, 0.15) is 12.2 Å². The summed E-state index contributed by atoms with van der Waals surface area (Å²) in [5.41, 5.74) is 0.184. The third-order valence-corrected chi connectivity index (χ3v) is 4.47. The summed E-state index contributed by atoms with van der Waals surface area (Å²) < 4.78 is 7.69. The van der Waals surface area contributed by atoms with Gasteiger partial charge in [-0.3, -0.25) is 4.68 Å². The maximum Gasteiger partial charge on any atom is 0.138 e. The highest BCUT2D eigenvalue weighted by molar-refractivity contribution is 5.01. The van der Waals surface area contributed by atoms with E-state index in [0.29, 0.717) is 6.10 Å². The fraction of sp³-hybridized carbons (Fsp3) is 0.846. The smallest absolute Gasteiger partial charge is 0.138 e. The summed E-state index contributed by atoms with van der Waals surface area (Å²) in [6, 6.07) is 0.745. The molecule has 1 aliphatic carbocycles. The lowest BCUT2D eigenvalue weighted by Crippen LogP contribution is -2.42. The highest BCUT2D eigenvalue weighted by atomic mass is 16.5. The molecule has 1 saturated heterocycles. The third kappa shape index (κ3) is 2.29. The summed E-state index contributed by atoms with van der Waals surface area (Å²) in [6.07, 6.45) is 6.65. The molecule has 1 N–H and O–H groups in total. The van der Waals surface area contributed by atoms with E-state index in [1.54, 1.807) is 6.33 Å². The number of aryl methyl sites for hydroxylation is 1. The van der Waals surface area contributed by atoms with Gasteiger partial charge in [0.2, 0.25) is 0 Å². The second-order valence-corrected chi connectivity index (χ2v) is 5.76. The van der Waals surface area contributed by atoms with Gasteiger partial charge in [-0.15, -0.1) is 0 Å². The van der Waals surface area contributed by atoms with E-state index in [1.165, 1.54) is 12.8 Å². The normalized spacial score (nSPS) is 32.0. The fourth-order valence-electron chi connectivity index (χ4n) is 2.78. The molecule has 0 bridgehead atoms. The Morgan fingerprint density at radius 3 is 2.94 bits per heavy atom. The molecule has 2 fully saturated rings. The van der Waals surface area contributed by atoms with Gasteiger partial charge in [-0.1, -0.05) is 0 Å². The first-order chi connectivity index (χ1) is 8.70. The van der Waals surface area contributed by atoms with Crippen LogP contribution in [0.15, 0.2) is 6.33 Å². The molecule has 1 aromatic rings. The minimum Gasteiger partial charge on any atom is -0.378 e. The van der Waals surface area contributed by atoms with Gasteiger partial charge < -0.3 is 10.1 Å². The molecule has 2 aliphatic rings. The van der Waals surface area contributed by atoms with E-state index in [0.717, 1.165) is 37.9 Å². The number of hydrogen-bond acceptors (Lipinski definition) is 4. The summed E-state index contributed by atoms with van der Waals surface area (Å²) in [6.45, 7) is 4.09. The standard InChI is InChI=1S/C13H22N4O/c1-10-13(5-6-18-10,8-14-11-3-4-11)7-12-15-9-16-17(12)2/h9-11,14H,3-8H2,1-2H3. The first-order valence-electron chi connectivity index (χ1n) is 6.87. The average molecular weight is 250 g/mol. The van der Waals surface area contributed by atoms with E-state index in [-0.39, 0.29) is 5.41 Å². The molecule has 1 aromatic heterocycles. The zero-order valence-corrected chi connectivity index (χ0v) is 11.2. The van der Waals surface area contributed by atoms with Crippen molar-refractivity contribution in [3.8, 4) is 0 Å². The van der Waals surface area contributed by atoms with Crippen LogP contribution in [-0.2, 0) is 18.2 Å². The van der Waals surface area contributed by atoms with Crippen LogP contribution in [0.25, 0.3) is 0 Å². The predicted octanol–water partition coefficient (Wildman–Crippen LogP) is 0.905. The van der Waals surface area contributed by atoms with Crippen LogP contribution >= 0.6 is 0 Å². The monoisotopic (exact) mass is 250 g/mol. The zero-order valence-electron chi connectivity index (χ0n) is 11.2. The molecule has 100 valence electrons. The van der Waals surface area contributed by atoms with Crippen molar-refractivity contribution < 1.29 is 4.74 Å². The van der Waals surface area contributed by atoms with Gasteiger partial charge in [-0.25, -0.2) is 4.98 Å². The Kier molecular flexibility index (Phi) is 3.11. The van der Waals surface area contributed by atoms with E-state index < -0.39 is 0 Å². The third-order valence-electron chi connectivity index (χ3n) is 4.47. The van der Waals surface area contributed by atoms with Crippen molar-refractivity contribution in [2.75, 3.05) is 13.2 Å². The van der Waals surface area contributed by atoms with E-state index in [9.17, 15) is 0 Å². The topological polar surface area (TPSA) is 52.0 Å². The average Bonchev–Trinajstić information content (AvgIpc) is 3.01. The van der Waals surface area contributed by atoms with Crippen LogP contribution in [0.3, 0.4) is 0 Å². The number of aromatic nitrogens is 3. The van der Waals surface area contributed by atoms with E-state index in [1.807, 2.05) is 11.7 Å². The molecule has 1 saturated carbocycles. The van der Waals surface area contributed by atoms with E-state index >= 15 is 0 Å². The molecular formula is C13H22N4O. The Balaban J connectivity index is 1.73. The van der Waals surface area contributed by atoms with Crippen LogP contribution in [-0.4, -0.2) is 40.1 Å². The van der Waals surface area contributed by atoms with Gasteiger partial charge >= 0.3 is 0 Å². The fourth-order valence-corrected chi connectivity index (χ4v) is 2.78. The van der Waals surface area contributed by atoms with Crippen molar-refractivity contribution in [3.63, 3.8) is 0 Å². The van der Waals surface area contributed by atoms with Gasteiger partial charge in [-0.2, -0.15) is 5.10 Å². The highest BCUT2D eigenvalue weighted by Crippen LogP contribution is 2.38. The molecule has 5 nitrogen and oxygen atoms in total. The molecule has 0 amide bonds. The lowest BCUT2D eigenvalue weighted by Gasteiger charge is -2.32. The summed E-state index contributed by atoms with van der Waals surface area (Å²) in [5, 5.41) is 7.83. The quantitative estimate of drug-likeness (QED) is 0.844. The van der Waals surface area contributed by atoms with Gasteiger partial charge in [-0.05, 0) is 26.2 Å². The van der Waals surface area contributed by atoms with Gasteiger partial charge in [0.05, 0.1) is 6.10 Å². The lowest BCUT2D eigenvalue weighted by molar-refractivity contribution is 0.0614. The number of nitrogens with one attached hydrogen (secondary N) is 1. The highest BCUT2D eigenvalue weighted by Gasteiger charge is 2.43. The Morgan fingerprint density at radius 1 is 1.56 bits per heavy atom. The molecular weight excluding hydrogens is 228 g/mol. The van der Waals surface area contributed by atoms with E-state index in [4.69, 9.17) is 4.74 Å². The molecule has 18 heavy (non-hydrogen) atoms. The lowest BCUT2D eigenvalue weighted by atomic mass is 9.78. The van der Waals surface area contributed by atoms with Crippen molar-refractivity contribution in [1.29, 1.82) is 0 Å². The van der Waals surface area contributed by atoms with Crippen LogP contribution in [0.2, 0.25) is 0 Å². The van der Waals surface area contributed by atoms with Crippen LogP contribution in [0, 0.1) is 5.41 Å². The molecule has 2 atom stereocenters. The molecule has 0 aromatic carbocycles. The van der Waals surface area contributed by atoms with Crippen molar-refractivity contribution in [3.05, 3.63) is 12.2 Å². The molecule has 2 heterocycles. The molecule has 1 aliphatic heterocycles. The maximum absolute atomic E-state index is 5.81. The Labute approximate surface area is 108 Å². The van der Waals surface area contributed by atoms with Crippen LogP contribution in [0.5, 0.6) is 0 Å². The summed E-state index contributed by atoms with van der Waals surface area (Å²) in [4.78, 5) is 4.37. The number of rotatable bonds is 5. The second kappa shape index (κ2) is 4.63. The molecule has 5 heteroatoms. The van der Waals surface area contributed by atoms with Gasteiger partial charge in [0, 0.05) is 38.1 Å². The largest absolute Gasteiger partial charge is 0.378 e. The summed E-state index contributed by atoms with van der Waals surface area (Å²) in [5.74, 6) is 1.06. The zero-order chi connectivity index (χ0) is 12.6. The minimum absolute atomic E-state index is 0.184. The van der Waals surface area contributed by atoms with Gasteiger partial charge in [0.15, 0.2) is 0 Å². The van der Waals surface area contributed by atoms with Crippen LogP contribution < -0.4 is 5.32 Å². The molecule has 2 unspecified atom stereocenters. The Morgan fingerprint density at radius 2 is 2.39 bits per heavy atom. The summed E-state index contributed by atoms with van der Waals surface area (Å²) >= 11 is 0. The van der Waals surface area contributed by atoms with Crippen LogP contribution in [0.4, 0.5) is 0 Å². The molecule has 3 rings (SSSR count). The Bertz CT molecular complexity index is 415. The second-order valence-electron chi connectivity index (χ2n) is 5.76. The number of nitrogens with zero attached hydrogens (tertiary/aromatic N) is 3. The van der Waals surface area contributed by atoms with Gasteiger partial charge in [0.25, 0.3) is 0 Å². The first-order valence-corrected chi connectivity index (χ1v) is 6.87. The number of hydrogen-bond donors (Lipinski definition) is 1. The molecule has 0 radical (unpaired) electrons. The van der Waals surface area contributed by atoms with Crippen molar-refractivity contribution >= 4 is 0 Å². The molecule has 0 spiro atoms. The van der Waals surface area contributed by atoms with Crippen molar-refractivity contribution in [1.82, 2.24) is 20.1 Å².